The summed E-state index contributed by atoms with van der Waals surface area (Å²) >= 11 is 1.87. The van der Waals surface area contributed by atoms with Crippen molar-refractivity contribution in [3.8, 4) is 16.8 Å². The number of hydrogen-bond acceptors (Lipinski definition) is 2. The quantitative estimate of drug-likeness (QED) is 0.193. The molecule has 0 aliphatic carbocycles. The molecule has 0 saturated heterocycles. The Morgan fingerprint density at radius 3 is 1.76 bits per heavy atom. The summed E-state index contributed by atoms with van der Waals surface area (Å²) in [6.45, 7) is 0. The van der Waals surface area contributed by atoms with Crippen molar-refractivity contribution in [1.82, 2.24) is 4.57 Å². The number of nitrogens with zero attached hydrogens (tertiary/aromatic N) is 2. The molecule has 9 aromatic rings. The Hall–Kier alpha value is -5.64. The van der Waals surface area contributed by atoms with Crippen LogP contribution in [0.4, 0.5) is 17.1 Å². The molecule has 2 heterocycles. The van der Waals surface area contributed by atoms with Gasteiger partial charge in [0.25, 0.3) is 0 Å². The van der Waals surface area contributed by atoms with Crippen LogP contribution < -0.4 is 4.90 Å². The van der Waals surface area contributed by atoms with Gasteiger partial charge in [-0.2, -0.15) is 0 Å². The van der Waals surface area contributed by atoms with Gasteiger partial charge in [0.15, 0.2) is 0 Å². The van der Waals surface area contributed by atoms with Crippen LogP contribution >= 0.6 is 11.3 Å². The fourth-order valence-corrected chi connectivity index (χ4v) is 7.82. The van der Waals surface area contributed by atoms with Crippen molar-refractivity contribution in [2.24, 2.45) is 0 Å². The van der Waals surface area contributed by atoms with Gasteiger partial charge in [0.1, 0.15) is 0 Å². The third kappa shape index (κ3) is 4.32. The maximum atomic E-state index is 2.37. The zero-order valence-corrected chi connectivity index (χ0v) is 25.3. The molecule has 0 bridgehead atoms. The lowest BCUT2D eigenvalue weighted by Crippen LogP contribution is -2.09. The predicted octanol–water partition coefficient (Wildman–Crippen LogP) is 12.3. The van der Waals surface area contributed by atoms with Crippen molar-refractivity contribution in [2.45, 2.75) is 0 Å². The van der Waals surface area contributed by atoms with Crippen LogP contribution in [0.2, 0.25) is 0 Å². The Morgan fingerprint density at radius 1 is 0.378 bits per heavy atom. The van der Waals surface area contributed by atoms with Gasteiger partial charge < -0.3 is 9.47 Å². The average molecular weight is 593 g/mol. The standard InChI is InChI=1S/C42H28N2S/c1-4-12-31(13-5-1)43(32-14-6-2-7-15-32)34-22-25-41-38(28-34)36-23-20-30(27-42(36)45-41)29-21-24-40-37(26-29)35-18-10-11-19-39(35)44(40)33-16-8-3-9-17-33/h1-28H. The Kier molecular flexibility index (Phi) is 6.03. The number of aromatic nitrogens is 1. The highest BCUT2D eigenvalue weighted by molar-refractivity contribution is 7.25. The Bertz CT molecular complexity index is 2440. The van der Waals surface area contributed by atoms with E-state index in [1.165, 1.54) is 58.8 Å². The van der Waals surface area contributed by atoms with Crippen molar-refractivity contribution in [2.75, 3.05) is 4.90 Å². The molecule has 2 aromatic heterocycles. The van der Waals surface area contributed by atoms with Gasteiger partial charge in [-0.3, -0.25) is 0 Å². The highest BCUT2D eigenvalue weighted by atomic mass is 32.1. The third-order valence-electron chi connectivity index (χ3n) is 8.76. The Balaban J connectivity index is 1.16. The van der Waals surface area contributed by atoms with Crippen molar-refractivity contribution >= 4 is 70.4 Å². The van der Waals surface area contributed by atoms with Crippen molar-refractivity contribution < 1.29 is 0 Å². The van der Waals surface area contributed by atoms with E-state index in [9.17, 15) is 0 Å². The predicted molar refractivity (Wildman–Crippen MR) is 194 cm³/mol. The van der Waals surface area contributed by atoms with Gasteiger partial charge in [0.2, 0.25) is 0 Å². The molecule has 0 radical (unpaired) electrons. The summed E-state index contributed by atoms with van der Waals surface area (Å²) in [6, 6.07) is 61.3. The van der Waals surface area contributed by atoms with Crippen LogP contribution in [-0.2, 0) is 0 Å². The first-order valence-electron chi connectivity index (χ1n) is 15.3. The largest absolute Gasteiger partial charge is 0.310 e. The van der Waals surface area contributed by atoms with E-state index in [1.54, 1.807) is 0 Å². The summed E-state index contributed by atoms with van der Waals surface area (Å²) in [5.74, 6) is 0. The number of para-hydroxylation sites is 4. The highest BCUT2D eigenvalue weighted by Crippen LogP contribution is 2.42. The van der Waals surface area contributed by atoms with Gasteiger partial charge in [-0.25, -0.2) is 0 Å². The van der Waals surface area contributed by atoms with E-state index in [4.69, 9.17) is 0 Å². The second-order valence-electron chi connectivity index (χ2n) is 11.4. The molecule has 45 heavy (non-hydrogen) atoms. The molecule has 9 rings (SSSR count). The van der Waals surface area contributed by atoms with Crippen LogP contribution in [0.1, 0.15) is 0 Å². The van der Waals surface area contributed by atoms with Crippen molar-refractivity contribution in [1.29, 1.82) is 0 Å². The number of rotatable bonds is 5. The van der Waals surface area contributed by atoms with E-state index in [0.29, 0.717) is 0 Å². The van der Waals surface area contributed by atoms with E-state index in [2.05, 4.69) is 179 Å². The number of hydrogen-bond donors (Lipinski definition) is 0. The molecule has 0 unspecified atom stereocenters. The molecule has 3 heteroatoms. The molecule has 2 nitrogen and oxygen atoms in total. The minimum absolute atomic E-state index is 1.15. The van der Waals surface area contributed by atoms with Crippen LogP contribution in [0, 0.1) is 0 Å². The van der Waals surface area contributed by atoms with E-state index < -0.39 is 0 Å². The monoisotopic (exact) mass is 592 g/mol. The van der Waals surface area contributed by atoms with E-state index in [1.807, 2.05) is 11.3 Å². The van der Waals surface area contributed by atoms with Gasteiger partial charge in [0, 0.05) is 53.7 Å². The van der Waals surface area contributed by atoms with Crippen LogP contribution in [0.5, 0.6) is 0 Å². The number of fused-ring (bicyclic) bond motifs is 6. The molecule has 212 valence electrons. The number of benzene rings is 7. The van der Waals surface area contributed by atoms with E-state index in [0.717, 1.165) is 17.1 Å². The molecule has 0 aliphatic heterocycles. The zero-order valence-electron chi connectivity index (χ0n) is 24.5. The molecule has 0 aliphatic rings. The fraction of sp³-hybridized carbons (Fsp3) is 0. The average Bonchev–Trinajstić information content (AvgIpc) is 3.64. The minimum atomic E-state index is 1.15. The Labute approximate surface area is 265 Å². The summed E-state index contributed by atoms with van der Waals surface area (Å²) in [4.78, 5) is 2.33. The molecular weight excluding hydrogens is 565 g/mol. The lowest BCUT2D eigenvalue weighted by Gasteiger charge is -2.25. The number of thiophene rings is 1. The molecule has 0 atom stereocenters. The summed E-state index contributed by atoms with van der Waals surface area (Å²) in [7, 11) is 0. The van der Waals surface area contributed by atoms with Crippen LogP contribution in [0.15, 0.2) is 170 Å². The first kappa shape index (κ1) is 25.8. The van der Waals surface area contributed by atoms with E-state index in [-0.39, 0.29) is 0 Å². The fourth-order valence-electron chi connectivity index (χ4n) is 6.69. The second-order valence-corrected chi connectivity index (χ2v) is 12.5. The first-order chi connectivity index (χ1) is 22.3. The SMILES string of the molecule is c1ccc(N(c2ccccc2)c2ccc3sc4cc(-c5ccc6c(c5)c5ccccc5n6-c5ccccc5)ccc4c3c2)cc1. The van der Waals surface area contributed by atoms with Crippen molar-refractivity contribution in [3.63, 3.8) is 0 Å². The van der Waals surface area contributed by atoms with Crippen molar-refractivity contribution in [3.05, 3.63) is 170 Å². The van der Waals surface area contributed by atoms with Gasteiger partial charge >= 0.3 is 0 Å². The maximum Gasteiger partial charge on any atom is 0.0541 e. The molecule has 0 spiro atoms. The second kappa shape index (κ2) is 10.5. The van der Waals surface area contributed by atoms with Crippen LogP contribution in [-0.4, -0.2) is 4.57 Å². The lowest BCUT2D eigenvalue weighted by molar-refractivity contribution is 1.18. The van der Waals surface area contributed by atoms with Gasteiger partial charge in [-0.15, -0.1) is 11.3 Å². The van der Waals surface area contributed by atoms with E-state index >= 15 is 0 Å². The number of anilines is 3. The normalized spacial score (nSPS) is 11.6. The summed E-state index contributed by atoms with van der Waals surface area (Å²) in [6.07, 6.45) is 0. The molecule has 7 aromatic carbocycles. The minimum Gasteiger partial charge on any atom is -0.310 e. The van der Waals surface area contributed by atoms with Crippen LogP contribution in [0.25, 0.3) is 58.8 Å². The van der Waals surface area contributed by atoms with Crippen LogP contribution in [0.3, 0.4) is 0 Å². The summed E-state index contributed by atoms with van der Waals surface area (Å²) in [5, 5.41) is 5.13. The molecule has 0 N–H and O–H groups in total. The molecule has 0 fully saturated rings. The molecule has 0 amide bonds. The van der Waals surface area contributed by atoms with Gasteiger partial charge in [-0.05, 0) is 90.0 Å². The lowest BCUT2D eigenvalue weighted by atomic mass is 10.0. The zero-order chi connectivity index (χ0) is 29.7. The highest BCUT2D eigenvalue weighted by Gasteiger charge is 2.16. The molecular formula is C42H28N2S. The topological polar surface area (TPSA) is 8.17 Å². The van der Waals surface area contributed by atoms with Gasteiger partial charge in [0.05, 0.1) is 11.0 Å². The molecule has 0 saturated carbocycles. The smallest absolute Gasteiger partial charge is 0.0541 e. The maximum absolute atomic E-state index is 2.37. The first-order valence-corrected chi connectivity index (χ1v) is 16.1. The summed E-state index contributed by atoms with van der Waals surface area (Å²) in [5.41, 5.74) is 9.56. The van der Waals surface area contributed by atoms with Gasteiger partial charge in [-0.1, -0.05) is 91.0 Å². The summed E-state index contributed by atoms with van der Waals surface area (Å²) < 4.78 is 4.97. The third-order valence-corrected chi connectivity index (χ3v) is 9.90. The Morgan fingerprint density at radius 2 is 1.00 bits per heavy atom.